The van der Waals surface area contributed by atoms with Gasteiger partial charge in [0.2, 0.25) is 0 Å². The topological polar surface area (TPSA) is 44.4 Å². The van der Waals surface area contributed by atoms with Crippen LogP contribution >= 0.6 is 11.3 Å². The van der Waals surface area contributed by atoms with Gasteiger partial charge in [-0.1, -0.05) is 89.1 Å². The van der Waals surface area contributed by atoms with Gasteiger partial charge in [0.05, 0.1) is 0 Å². The number of nitrogens with one attached hydrogen (secondary N) is 2. The number of fused-ring (bicyclic) bond motifs is 2. The molecule has 0 radical (unpaired) electrons. The zero-order valence-electron chi connectivity index (χ0n) is 23.3. The van der Waals surface area contributed by atoms with Crippen LogP contribution < -0.4 is 10.6 Å². The average molecular weight is 510 g/mol. The zero-order chi connectivity index (χ0) is 26.8. The molecular formula is C31H47N3OS. The molecule has 1 atom stereocenters. The minimum Gasteiger partial charge on any atom is -0.336 e. The van der Waals surface area contributed by atoms with E-state index in [9.17, 15) is 4.79 Å². The highest BCUT2D eigenvalue weighted by Crippen LogP contribution is 2.25. The molecule has 5 heteroatoms. The second-order valence-corrected chi connectivity index (χ2v) is 9.74. The van der Waals surface area contributed by atoms with Gasteiger partial charge in [-0.25, -0.2) is 4.79 Å². The van der Waals surface area contributed by atoms with Crippen LogP contribution in [0.1, 0.15) is 63.5 Å². The van der Waals surface area contributed by atoms with E-state index >= 15 is 0 Å². The molecule has 36 heavy (non-hydrogen) atoms. The maximum absolute atomic E-state index is 12.4. The molecule has 0 fully saturated rings. The fraction of sp³-hybridized carbons (Fsp3) is 0.452. The summed E-state index contributed by atoms with van der Waals surface area (Å²) >= 11 is 1.81. The Morgan fingerprint density at radius 2 is 1.72 bits per heavy atom. The monoisotopic (exact) mass is 509 g/mol. The molecule has 0 spiro atoms. The lowest BCUT2D eigenvalue weighted by Crippen LogP contribution is -2.47. The predicted octanol–water partition coefficient (Wildman–Crippen LogP) is 7.82. The molecule has 0 aliphatic carbocycles. The smallest absolute Gasteiger partial charge is 0.317 e. The number of nitrogens with zero attached hydrogens (tertiary/aromatic N) is 1. The second kappa shape index (κ2) is 18.6. The molecule has 1 aliphatic heterocycles. The fourth-order valence-electron chi connectivity index (χ4n) is 3.55. The Balaban J connectivity index is 0.000000633. The second-order valence-electron chi connectivity index (χ2n) is 8.57. The molecule has 3 aromatic rings. The molecule has 0 saturated heterocycles. The van der Waals surface area contributed by atoms with E-state index in [4.69, 9.17) is 0 Å². The van der Waals surface area contributed by atoms with E-state index in [0.717, 1.165) is 25.9 Å². The highest BCUT2D eigenvalue weighted by Gasteiger charge is 2.18. The zero-order valence-corrected chi connectivity index (χ0v) is 24.1. The van der Waals surface area contributed by atoms with Crippen molar-refractivity contribution in [3.8, 4) is 0 Å². The summed E-state index contributed by atoms with van der Waals surface area (Å²) in [5, 5.41) is 7.87. The number of unbranched alkanes of at least 4 members (excludes halogenated alkanes) is 1. The highest BCUT2D eigenvalue weighted by molar-refractivity contribution is 7.19. The molecule has 2 heterocycles. The summed E-state index contributed by atoms with van der Waals surface area (Å²) < 4.78 is 1.31. The first kappa shape index (κ1) is 31.4. The van der Waals surface area contributed by atoms with Gasteiger partial charge in [-0.2, -0.15) is 0 Å². The van der Waals surface area contributed by atoms with Crippen molar-refractivity contribution in [2.75, 3.05) is 20.1 Å². The number of likely N-dealkylation sites (N-methyl/N-ethyl adjacent to an activating group) is 1. The number of benzene rings is 2. The molecule has 198 valence electrons. The Bertz CT molecular complexity index is 979. The summed E-state index contributed by atoms with van der Waals surface area (Å²) in [6.07, 6.45) is 6.24. The third-order valence-corrected chi connectivity index (χ3v) is 6.86. The van der Waals surface area contributed by atoms with Crippen LogP contribution in [0.4, 0.5) is 4.79 Å². The fourth-order valence-corrected chi connectivity index (χ4v) is 4.60. The standard InChI is InChI=1S/C22H25N3OS.C4H10.C3H6.C2H6/c1-25(11-10-20-13-17-7-4-5-9-21(17)27-20)22(26)24-15-19-12-16-6-2-3-8-18(16)14-23-19;1-3-4-2;1-3-2;1-2/h2-9,13,19,23H,10-12,14-15H2,1H3,(H,24,26);3-4H2,1-2H3;3H,1H2,2H3;1-2H3. The van der Waals surface area contributed by atoms with Gasteiger partial charge < -0.3 is 15.5 Å². The molecular weight excluding hydrogens is 462 g/mol. The van der Waals surface area contributed by atoms with Crippen LogP contribution in [-0.2, 0) is 19.4 Å². The lowest BCUT2D eigenvalue weighted by atomic mass is 9.96. The molecule has 0 bridgehead atoms. The van der Waals surface area contributed by atoms with Crippen molar-refractivity contribution < 1.29 is 4.79 Å². The Hall–Kier alpha value is -2.63. The Kier molecular flexibility index (Phi) is 16.2. The Morgan fingerprint density at radius 1 is 1.11 bits per heavy atom. The van der Waals surface area contributed by atoms with Crippen molar-refractivity contribution in [3.63, 3.8) is 0 Å². The quantitative estimate of drug-likeness (QED) is 0.333. The largest absolute Gasteiger partial charge is 0.336 e. The van der Waals surface area contributed by atoms with Gasteiger partial charge in [-0.05, 0) is 48.4 Å². The summed E-state index contributed by atoms with van der Waals surface area (Å²) in [5.74, 6) is 0. The number of allylic oxidation sites excluding steroid dienone is 1. The number of rotatable bonds is 6. The minimum absolute atomic E-state index is 0.00299. The van der Waals surface area contributed by atoms with E-state index in [-0.39, 0.29) is 6.03 Å². The van der Waals surface area contributed by atoms with Gasteiger partial charge in [-0.3, -0.25) is 0 Å². The Morgan fingerprint density at radius 3 is 2.36 bits per heavy atom. The van der Waals surface area contributed by atoms with Crippen molar-refractivity contribution in [2.24, 2.45) is 0 Å². The van der Waals surface area contributed by atoms with Crippen LogP contribution in [-0.4, -0.2) is 37.1 Å². The molecule has 1 aliphatic rings. The summed E-state index contributed by atoms with van der Waals surface area (Å²) in [6.45, 7) is 15.9. The normalized spacial score (nSPS) is 13.4. The number of thiophene rings is 1. The molecule has 4 nitrogen and oxygen atoms in total. The minimum atomic E-state index is -0.00299. The summed E-state index contributed by atoms with van der Waals surface area (Å²) in [5.41, 5.74) is 2.74. The van der Waals surface area contributed by atoms with Crippen molar-refractivity contribution in [2.45, 2.75) is 72.9 Å². The van der Waals surface area contributed by atoms with Gasteiger partial charge in [0, 0.05) is 42.3 Å². The molecule has 2 aromatic carbocycles. The first-order valence-corrected chi connectivity index (χ1v) is 14.2. The number of urea groups is 1. The van der Waals surface area contributed by atoms with E-state index in [1.165, 1.54) is 38.9 Å². The van der Waals surface area contributed by atoms with Crippen molar-refractivity contribution >= 4 is 27.5 Å². The average Bonchev–Trinajstić information content (AvgIpc) is 3.35. The number of carbonyl (C=O) groups excluding carboxylic acids is 1. The van der Waals surface area contributed by atoms with Gasteiger partial charge in [0.15, 0.2) is 0 Å². The number of hydrogen-bond donors (Lipinski definition) is 2. The lowest BCUT2D eigenvalue weighted by Gasteiger charge is -2.27. The van der Waals surface area contributed by atoms with Crippen LogP contribution in [0, 0.1) is 0 Å². The van der Waals surface area contributed by atoms with E-state index in [1.807, 2.05) is 39.2 Å². The number of amides is 2. The third-order valence-electron chi connectivity index (χ3n) is 5.68. The van der Waals surface area contributed by atoms with Crippen LogP contribution in [0.2, 0.25) is 0 Å². The molecule has 2 N–H and O–H groups in total. The summed E-state index contributed by atoms with van der Waals surface area (Å²) in [4.78, 5) is 15.5. The van der Waals surface area contributed by atoms with Crippen molar-refractivity contribution in [3.05, 3.63) is 83.3 Å². The molecule has 0 saturated carbocycles. The van der Waals surface area contributed by atoms with Gasteiger partial charge in [0.1, 0.15) is 0 Å². The maximum Gasteiger partial charge on any atom is 0.317 e. The first-order valence-electron chi connectivity index (χ1n) is 13.4. The van der Waals surface area contributed by atoms with E-state index in [2.05, 4.69) is 85.7 Å². The van der Waals surface area contributed by atoms with Crippen LogP contribution in [0.3, 0.4) is 0 Å². The molecule has 1 unspecified atom stereocenters. The van der Waals surface area contributed by atoms with Gasteiger partial charge in [-0.15, -0.1) is 17.9 Å². The van der Waals surface area contributed by atoms with Gasteiger partial charge in [0.25, 0.3) is 0 Å². The number of hydrogen-bond acceptors (Lipinski definition) is 3. The van der Waals surface area contributed by atoms with Crippen molar-refractivity contribution in [1.82, 2.24) is 15.5 Å². The summed E-state index contributed by atoms with van der Waals surface area (Å²) in [6, 6.07) is 19.5. The molecule has 4 rings (SSSR count). The molecule has 2 amide bonds. The van der Waals surface area contributed by atoms with Crippen LogP contribution in [0.15, 0.2) is 67.3 Å². The SMILES string of the molecule is C=CC.CC.CCCC.CN(CCc1cc2ccccc2s1)C(=O)NCC1Cc2ccccc2CN1. The Labute approximate surface area is 223 Å². The highest BCUT2D eigenvalue weighted by atomic mass is 32.1. The maximum atomic E-state index is 12.4. The predicted molar refractivity (Wildman–Crippen MR) is 160 cm³/mol. The van der Waals surface area contributed by atoms with E-state index < -0.39 is 0 Å². The lowest BCUT2D eigenvalue weighted by molar-refractivity contribution is 0.208. The van der Waals surface area contributed by atoms with Gasteiger partial charge >= 0.3 is 6.03 Å². The molecule has 1 aromatic heterocycles. The van der Waals surface area contributed by atoms with E-state index in [0.29, 0.717) is 12.6 Å². The van der Waals surface area contributed by atoms with Crippen LogP contribution in [0.5, 0.6) is 0 Å². The van der Waals surface area contributed by atoms with Crippen LogP contribution in [0.25, 0.3) is 10.1 Å². The first-order chi connectivity index (χ1) is 17.5. The summed E-state index contributed by atoms with van der Waals surface area (Å²) in [7, 11) is 1.87. The van der Waals surface area contributed by atoms with Crippen molar-refractivity contribution in [1.29, 1.82) is 0 Å². The van der Waals surface area contributed by atoms with E-state index in [1.54, 1.807) is 11.0 Å². The third kappa shape index (κ3) is 11.0. The number of carbonyl (C=O) groups is 1.